The fourth-order valence-electron chi connectivity index (χ4n) is 2.77. The van der Waals surface area contributed by atoms with Crippen molar-refractivity contribution in [1.29, 1.82) is 5.26 Å². The molecule has 1 heterocycles. The molecule has 4 rings (SSSR count). The third-order valence-corrected chi connectivity index (χ3v) is 4.10. The largest absolute Gasteiger partial charge is 0.505 e. The second-order valence-corrected chi connectivity index (χ2v) is 5.65. The molecule has 1 aromatic heterocycles. The average Bonchev–Trinajstić information content (AvgIpc) is 3.05. The number of fused-ring (bicyclic) bond motifs is 1. The van der Waals surface area contributed by atoms with Crippen LogP contribution in [-0.4, -0.2) is 14.9 Å². The van der Waals surface area contributed by atoms with Crippen LogP contribution in [0.3, 0.4) is 0 Å². The molecule has 0 atom stereocenters. The van der Waals surface area contributed by atoms with E-state index in [1.165, 1.54) is 12.1 Å². The molecule has 4 aromatic rings. The molecule has 4 nitrogen and oxygen atoms in total. The van der Waals surface area contributed by atoms with E-state index in [0.29, 0.717) is 16.5 Å². The third-order valence-electron chi connectivity index (χ3n) is 4.10. The zero-order chi connectivity index (χ0) is 17.4. The van der Waals surface area contributed by atoms with Crippen LogP contribution < -0.4 is 0 Å². The van der Waals surface area contributed by atoms with Crippen LogP contribution in [0.15, 0.2) is 66.9 Å². The van der Waals surface area contributed by atoms with Crippen molar-refractivity contribution in [2.45, 2.75) is 0 Å². The summed E-state index contributed by atoms with van der Waals surface area (Å²) in [4.78, 5) is 0. The molecule has 0 spiro atoms. The summed E-state index contributed by atoms with van der Waals surface area (Å²) in [7, 11) is 0. The highest BCUT2D eigenvalue weighted by Crippen LogP contribution is 2.27. The Labute approximate surface area is 143 Å². The van der Waals surface area contributed by atoms with Crippen molar-refractivity contribution in [3.8, 4) is 28.6 Å². The highest BCUT2D eigenvalue weighted by atomic mass is 19.1. The lowest BCUT2D eigenvalue weighted by Gasteiger charge is -2.07. The van der Waals surface area contributed by atoms with E-state index >= 15 is 0 Å². The molecule has 0 saturated carbocycles. The molecule has 3 aromatic carbocycles. The van der Waals surface area contributed by atoms with Crippen LogP contribution in [0.25, 0.3) is 27.7 Å². The van der Waals surface area contributed by atoms with Gasteiger partial charge >= 0.3 is 0 Å². The van der Waals surface area contributed by atoms with Crippen LogP contribution in [0.5, 0.6) is 5.75 Å². The fourth-order valence-corrected chi connectivity index (χ4v) is 2.77. The number of benzene rings is 3. The minimum absolute atomic E-state index is 0.400. The van der Waals surface area contributed by atoms with E-state index in [1.807, 2.05) is 36.4 Å². The fraction of sp³-hybridized carbons (Fsp3) is 0. The minimum atomic E-state index is -0.664. The Morgan fingerprint density at radius 3 is 2.24 bits per heavy atom. The van der Waals surface area contributed by atoms with Gasteiger partial charge in [0.25, 0.3) is 0 Å². The highest BCUT2D eigenvalue weighted by molar-refractivity contribution is 5.82. The zero-order valence-electron chi connectivity index (χ0n) is 13.0. The lowest BCUT2D eigenvalue weighted by atomic mass is 10.0. The van der Waals surface area contributed by atoms with E-state index < -0.39 is 11.6 Å². The Kier molecular flexibility index (Phi) is 3.44. The molecule has 0 amide bonds. The smallest absolute Gasteiger partial charge is 0.165 e. The normalized spacial score (nSPS) is 10.7. The zero-order valence-corrected chi connectivity index (χ0v) is 13.0. The molecule has 1 N–H and O–H groups in total. The first-order valence-electron chi connectivity index (χ1n) is 7.63. The molecule has 0 aliphatic heterocycles. The summed E-state index contributed by atoms with van der Waals surface area (Å²) < 4.78 is 15.1. The molecule has 25 heavy (non-hydrogen) atoms. The number of halogens is 1. The van der Waals surface area contributed by atoms with Crippen LogP contribution in [0.1, 0.15) is 5.56 Å². The van der Waals surface area contributed by atoms with Gasteiger partial charge in [0.15, 0.2) is 11.6 Å². The Hall–Kier alpha value is -3.65. The van der Waals surface area contributed by atoms with E-state index in [9.17, 15) is 9.50 Å². The van der Waals surface area contributed by atoms with E-state index in [0.717, 1.165) is 16.8 Å². The van der Waals surface area contributed by atoms with Gasteiger partial charge in [-0.25, -0.2) is 9.07 Å². The number of aromatic nitrogens is 2. The molecular weight excluding hydrogens is 317 g/mol. The number of nitrogens with zero attached hydrogens (tertiary/aromatic N) is 3. The number of aromatic hydroxyl groups is 1. The van der Waals surface area contributed by atoms with Crippen LogP contribution in [0.4, 0.5) is 4.39 Å². The molecule has 0 unspecified atom stereocenters. The quantitative estimate of drug-likeness (QED) is 0.592. The first kappa shape index (κ1) is 14.9. The molecule has 0 radical (unpaired) electrons. The number of phenols is 1. The summed E-state index contributed by atoms with van der Waals surface area (Å²) in [5.74, 6) is -1.06. The first-order chi connectivity index (χ1) is 12.2. The van der Waals surface area contributed by atoms with Crippen LogP contribution in [-0.2, 0) is 0 Å². The topological polar surface area (TPSA) is 61.8 Å². The van der Waals surface area contributed by atoms with Gasteiger partial charge in [-0.15, -0.1) is 0 Å². The van der Waals surface area contributed by atoms with Crippen molar-refractivity contribution < 1.29 is 9.50 Å². The summed E-state index contributed by atoms with van der Waals surface area (Å²) in [5, 5.41) is 23.4. The predicted octanol–water partition coefficient (Wildman–Crippen LogP) is 4.41. The highest BCUT2D eigenvalue weighted by Gasteiger charge is 2.10. The Morgan fingerprint density at radius 1 is 0.960 bits per heavy atom. The van der Waals surface area contributed by atoms with E-state index in [4.69, 9.17) is 5.26 Å². The summed E-state index contributed by atoms with van der Waals surface area (Å²) in [6, 6.07) is 19.8. The second-order valence-electron chi connectivity index (χ2n) is 5.65. The molecule has 0 saturated heterocycles. The van der Waals surface area contributed by atoms with Gasteiger partial charge in [-0.2, -0.15) is 10.4 Å². The summed E-state index contributed by atoms with van der Waals surface area (Å²) in [6.07, 6.45) is 1.56. The maximum atomic E-state index is 13.4. The van der Waals surface area contributed by atoms with Gasteiger partial charge in [0.2, 0.25) is 0 Å². The maximum absolute atomic E-state index is 13.4. The summed E-state index contributed by atoms with van der Waals surface area (Å²) >= 11 is 0. The van der Waals surface area contributed by atoms with Gasteiger partial charge in [0.05, 0.1) is 29.0 Å². The molecule has 0 bridgehead atoms. The van der Waals surface area contributed by atoms with Crippen molar-refractivity contribution in [3.05, 3.63) is 78.2 Å². The van der Waals surface area contributed by atoms with Crippen molar-refractivity contribution >= 4 is 10.9 Å². The Morgan fingerprint density at radius 2 is 1.60 bits per heavy atom. The second kappa shape index (κ2) is 5.77. The maximum Gasteiger partial charge on any atom is 0.165 e. The number of hydrogen-bond acceptors (Lipinski definition) is 3. The third kappa shape index (κ3) is 2.60. The Bertz CT molecular complexity index is 1110. The minimum Gasteiger partial charge on any atom is -0.505 e. The van der Waals surface area contributed by atoms with Crippen LogP contribution in [0.2, 0.25) is 0 Å². The number of phenolic OH excluding ortho intramolecular Hbond substituents is 1. The van der Waals surface area contributed by atoms with Gasteiger partial charge in [-0.1, -0.05) is 24.3 Å². The number of nitriles is 1. The lowest BCUT2D eigenvalue weighted by Crippen LogP contribution is -1.95. The van der Waals surface area contributed by atoms with Gasteiger partial charge < -0.3 is 5.11 Å². The van der Waals surface area contributed by atoms with Crippen molar-refractivity contribution in [1.82, 2.24) is 9.78 Å². The van der Waals surface area contributed by atoms with Crippen molar-refractivity contribution in [2.24, 2.45) is 0 Å². The standard InChI is InChI=1S/C20H12FN3O/c21-18-9-16-12-23-24(19(16)10-20(18)25)17-7-5-15(6-8-17)14-3-1-13(11-22)2-4-14/h1-10,12,25H. The Balaban J connectivity index is 1.73. The summed E-state index contributed by atoms with van der Waals surface area (Å²) in [5.41, 5.74) is 4.08. The van der Waals surface area contributed by atoms with E-state index in [-0.39, 0.29) is 0 Å². The van der Waals surface area contributed by atoms with Gasteiger partial charge in [-0.3, -0.25) is 0 Å². The molecule has 0 aliphatic carbocycles. The van der Waals surface area contributed by atoms with Crippen LogP contribution >= 0.6 is 0 Å². The van der Waals surface area contributed by atoms with Crippen molar-refractivity contribution in [2.75, 3.05) is 0 Å². The molecule has 0 fully saturated rings. The van der Waals surface area contributed by atoms with E-state index in [1.54, 1.807) is 23.0 Å². The lowest BCUT2D eigenvalue weighted by molar-refractivity contribution is 0.433. The molecular formula is C20H12FN3O. The molecule has 0 aliphatic rings. The monoisotopic (exact) mass is 329 g/mol. The van der Waals surface area contributed by atoms with Crippen LogP contribution in [0, 0.1) is 17.1 Å². The van der Waals surface area contributed by atoms with Gasteiger partial charge in [0.1, 0.15) is 0 Å². The molecule has 120 valence electrons. The SMILES string of the molecule is N#Cc1ccc(-c2ccc(-n3ncc4cc(F)c(O)cc43)cc2)cc1. The van der Waals surface area contributed by atoms with Gasteiger partial charge in [-0.05, 0) is 41.5 Å². The van der Waals surface area contributed by atoms with Gasteiger partial charge in [0, 0.05) is 11.5 Å². The van der Waals surface area contributed by atoms with E-state index in [2.05, 4.69) is 11.2 Å². The molecule has 5 heteroatoms. The first-order valence-corrected chi connectivity index (χ1v) is 7.63. The number of rotatable bonds is 2. The predicted molar refractivity (Wildman–Crippen MR) is 92.8 cm³/mol. The number of hydrogen-bond donors (Lipinski definition) is 1. The summed E-state index contributed by atoms with van der Waals surface area (Å²) in [6.45, 7) is 0. The average molecular weight is 329 g/mol. The van der Waals surface area contributed by atoms with Crippen molar-refractivity contribution in [3.63, 3.8) is 0 Å².